The highest BCUT2D eigenvalue weighted by molar-refractivity contribution is 6.19. The summed E-state index contributed by atoms with van der Waals surface area (Å²) in [6.45, 7) is 2.21. The zero-order valence-corrected chi connectivity index (χ0v) is 8.75. The van der Waals surface area contributed by atoms with Gasteiger partial charge in [0.15, 0.2) is 5.63 Å². The predicted octanol–water partition coefficient (Wildman–Crippen LogP) is 4.66. The Morgan fingerprint density at radius 2 is 1.50 bits per heavy atom. The molecule has 0 amide bonds. The van der Waals surface area contributed by atoms with Crippen molar-refractivity contribution in [2.24, 2.45) is 0 Å². The monoisotopic (exact) mass is 194 g/mol. The average Bonchev–Trinajstić information content (AvgIpc) is 2.02. The van der Waals surface area contributed by atoms with Gasteiger partial charge >= 0.3 is 0 Å². The molecule has 0 radical (unpaired) electrons. The van der Waals surface area contributed by atoms with Crippen LogP contribution < -0.4 is 0 Å². The molecule has 0 spiro atoms. The molecule has 0 aromatic carbocycles. The van der Waals surface area contributed by atoms with Gasteiger partial charge in [-0.05, 0) is 12.8 Å². The van der Waals surface area contributed by atoms with Crippen molar-refractivity contribution in [1.29, 1.82) is 0 Å². The first-order valence-electron chi connectivity index (χ1n) is 5.05. The second-order valence-corrected chi connectivity index (χ2v) is 3.77. The van der Waals surface area contributed by atoms with Gasteiger partial charge in [-0.3, -0.25) is 0 Å². The first-order chi connectivity index (χ1) is 5.77. The Balaban J connectivity index is 2.82. The van der Waals surface area contributed by atoms with E-state index in [1.54, 1.807) is 0 Å². The summed E-state index contributed by atoms with van der Waals surface area (Å²) in [5.41, 5.74) is -1.12. The Morgan fingerprint density at radius 1 is 1.00 bits per heavy atom. The maximum atomic E-state index is 12.1. The zero-order chi connectivity index (χ0) is 9.23. The minimum atomic E-state index is -1.12. The molecular weight excluding hydrogens is 175 g/mol. The Bertz CT molecular complexity index is 83.9. The fourth-order valence-electron chi connectivity index (χ4n) is 1.26. The third-order valence-corrected chi connectivity index (χ3v) is 2.24. The van der Waals surface area contributed by atoms with Gasteiger partial charge < -0.3 is 0 Å². The Labute approximate surface area is 80.5 Å². The molecule has 0 bridgehead atoms. The maximum absolute atomic E-state index is 12.1. The van der Waals surface area contributed by atoms with E-state index in [1.165, 1.54) is 32.1 Å². The molecule has 0 saturated heterocycles. The van der Waals surface area contributed by atoms with Gasteiger partial charge in [-0.15, -0.1) is 0 Å². The van der Waals surface area contributed by atoms with Gasteiger partial charge in [0.05, 0.1) is 0 Å². The Kier molecular flexibility index (Phi) is 9.48. The van der Waals surface area contributed by atoms with Gasteiger partial charge in [-0.2, -0.15) is 0 Å². The van der Waals surface area contributed by atoms with Crippen molar-refractivity contribution in [3.63, 3.8) is 0 Å². The number of alkyl halides is 2. The first-order valence-corrected chi connectivity index (χ1v) is 5.49. The first kappa shape index (κ1) is 12.2. The predicted molar refractivity (Wildman–Crippen MR) is 53.4 cm³/mol. The van der Waals surface area contributed by atoms with Gasteiger partial charge in [0.25, 0.3) is 0 Å². The highest BCUT2D eigenvalue weighted by atomic mass is 35.5. The SMILES string of the molecule is CCCCCCCCCC(F)Cl. The van der Waals surface area contributed by atoms with E-state index in [-0.39, 0.29) is 0 Å². The molecular formula is C10H20ClF. The molecule has 12 heavy (non-hydrogen) atoms. The van der Waals surface area contributed by atoms with Crippen LogP contribution in [0.3, 0.4) is 0 Å². The van der Waals surface area contributed by atoms with E-state index < -0.39 is 5.63 Å². The topological polar surface area (TPSA) is 0 Å². The van der Waals surface area contributed by atoms with Crippen LogP contribution in [0.25, 0.3) is 0 Å². The van der Waals surface area contributed by atoms with Crippen molar-refractivity contribution >= 4 is 11.6 Å². The van der Waals surface area contributed by atoms with Crippen molar-refractivity contribution < 1.29 is 4.39 Å². The lowest BCUT2D eigenvalue weighted by atomic mass is 10.1. The molecule has 0 aliphatic heterocycles. The van der Waals surface area contributed by atoms with Gasteiger partial charge in [0, 0.05) is 0 Å². The molecule has 0 nitrogen and oxygen atoms in total. The molecule has 0 rings (SSSR count). The molecule has 74 valence electrons. The Morgan fingerprint density at radius 3 is 2.00 bits per heavy atom. The van der Waals surface area contributed by atoms with E-state index in [0.717, 1.165) is 12.8 Å². The lowest BCUT2D eigenvalue weighted by molar-refractivity contribution is 0.403. The summed E-state index contributed by atoms with van der Waals surface area (Å²) < 4.78 is 12.1. The lowest BCUT2D eigenvalue weighted by Gasteiger charge is -2.00. The van der Waals surface area contributed by atoms with Crippen LogP contribution >= 0.6 is 11.6 Å². The summed E-state index contributed by atoms with van der Waals surface area (Å²) in [6, 6.07) is 0. The lowest BCUT2D eigenvalue weighted by Crippen LogP contribution is -1.88. The van der Waals surface area contributed by atoms with Crippen LogP contribution in [0.15, 0.2) is 0 Å². The van der Waals surface area contributed by atoms with Crippen molar-refractivity contribution in [1.82, 2.24) is 0 Å². The van der Waals surface area contributed by atoms with E-state index in [0.29, 0.717) is 6.42 Å². The normalized spacial score (nSPS) is 13.2. The van der Waals surface area contributed by atoms with Crippen molar-refractivity contribution in [3.05, 3.63) is 0 Å². The molecule has 0 N–H and O–H groups in total. The van der Waals surface area contributed by atoms with Crippen molar-refractivity contribution in [3.8, 4) is 0 Å². The van der Waals surface area contributed by atoms with E-state index in [9.17, 15) is 4.39 Å². The number of halogens is 2. The van der Waals surface area contributed by atoms with Gasteiger partial charge in [-0.1, -0.05) is 57.0 Å². The van der Waals surface area contributed by atoms with E-state index >= 15 is 0 Å². The molecule has 0 heterocycles. The number of rotatable bonds is 8. The summed E-state index contributed by atoms with van der Waals surface area (Å²) in [6.07, 6.45) is 9.09. The highest BCUT2D eigenvalue weighted by Gasteiger charge is 1.98. The molecule has 0 aromatic rings. The summed E-state index contributed by atoms with van der Waals surface area (Å²) in [4.78, 5) is 0. The highest BCUT2D eigenvalue weighted by Crippen LogP contribution is 2.12. The fourth-order valence-corrected chi connectivity index (χ4v) is 1.41. The summed E-state index contributed by atoms with van der Waals surface area (Å²) in [5.74, 6) is 0. The summed E-state index contributed by atoms with van der Waals surface area (Å²) in [5, 5.41) is 0. The van der Waals surface area contributed by atoms with Crippen LogP contribution in [0.2, 0.25) is 0 Å². The number of hydrogen-bond acceptors (Lipinski definition) is 0. The second-order valence-electron chi connectivity index (χ2n) is 3.30. The maximum Gasteiger partial charge on any atom is 0.173 e. The van der Waals surface area contributed by atoms with Gasteiger partial charge in [-0.25, -0.2) is 4.39 Å². The van der Waals surface area contributed by atoms with Gasteiger partial charge in [0.2, 0.25) is 0 Å². The molecule has 1 atom stereocenters. The van der Waals surface area contributed by atoms with Crippen LogP contribution in [0, 0.1) is 0 Å². The molecule has 0 aliphatic rings. The molecule has 0 saturated carbocycles. The third kappa shape index (κ3) is 10.2. The molecule has 0 fully saturated rings. The number of unbranched alkanes of at least 4 members (excludes halogenated alkanes) is 6. The quantitative estimate of drug-likeness (QED) is 0.390. The largest absolute Gasteiger partial charge is 0.230 e. The Hall–Kier alpha value is 0.220. The minimum Gasteiger partial charge on any atom is -0.230 e. The second kappa shape index (κ2) is 9.31. The van der Waals surface area contributed by atoms with E-state index in [1.807, 2.05) is 0 Å². The molecule has 0 aliphatic carbocycles. The van der Waals surface area contributed by atoms with Crippen molar-refractivity contribution in [2.75, 3.05) is 0 Å². The van der Waals surface area contributed by atoms with Crippen LogP contribution in [0.1, 0.15) is 58.3 Å². The summed E-state index contributed by atoms with van der Waals surface area (Å²) >= 11 is 5.17. The smallest absolute Gasteiger partial charge is 0.173 e. The van der Waals surface area contributed by atoms with Crippen LogP contribution in [-0.2, 0) is 0 Å². The van der Waals surface area contributed by atoms with Crippen LogP contribution in [0.5, 0.6) is 0 Å². The fraction of sp³-hybridized carbons (Fsp3) is 1.00. The minimum absolute atomic E-state index is 0.523. The van der Waals surface area contributed by atoms with Gasteiger partial charge in [0.1, 0.15) is 0 Å². The zero-order valence-electron chi connectivity index (χ0n) is 7.99. The summed E-state index contributed by atoms with van der Waals surface area (Å²) in [7, 11) is 0. The molecule has 0 aromatic heterocycles. The van der Waals surface area contributed by atoms with Crippen LogP contribution in [0.4, 0.5) is 4.39 Å². The van der Waals surface area contributed by atoms with Crippen molar-refractivity contribution in [2.45, 2.75) is 63.9 Å². The average molecular weight is 195 g/mol. The third-order valence-electron chi connectivity index (χ3n) is 2.03. The van der Waals surface area contributed by atoms with Crippen LogP contribution in [-0.4, -0.2) is 5.63 Å². The van der Waals surface area contributed by atoms with E-state index in [2.05, 4.69) is 6.92 Å². The molecule has 1 unspecified atom stereocenters. The van der Waals surface area contributed by atoms with E-state index in [4.69, 9.17) is 11.6 Å². The molecule has 2 heteroatoms. The number of hydrogen-bond donors (Lipinski definition) is 0. The standard InChI is InChI=1S/C10H20ClF/c1-2-3-4-5-6-7-8-9-10(11)12/h10H,2-9H2,1H3.